The van der Waals surface area contributed by atoms with E-state index in [2.05, 4.69) is 105 Å². The largest absolute Gasteiger partial charge is 0.382 e. The molecular formula is C34H50N6O. The predicted octanol–water partition coefficient (Wildman–Crippen LogP) is 5.75. The van der Waals surface area contributed by atoms with Gasteiger partial charge in [-0.2, -0.15) is 0 Å². The van der Waals surface area contributed by atoms with Gasteiger partial charge in [-0.1, -0.05) is 43.7 Å². The predicted molar refractivity (Wildman–Crippen MR) is 171 cm³/mol. The zero-order valence-electron chi connectivity index (χ0n) is 26.0. The smallest absolute Gasteiger partial charge is 0.261 e. The molecule has 0 radical (unpaired) electrons. The second-order valence-electron chi connectivity index (χ2n) is 12.7. The van der Waals surface area contributed by atoms with E-state index in [1.165, 1.54) is 5.56 Å². The van der Waals surface area contributed by atoms with E-state index in [-0.39, 0.29) is 17.1 Å². The van der Waals surface area contributed by atoms with Crippen molar-refractivity contribution in [1.82, 2.24) is 24.7 Å². The van der Waals surface area contributed by atoms with Crippen LogP contribution in [0.5, 0.6) is 0 Å². The number of rotatable bonds is 9. The molecule has 7 heteroatoms. The van der Waals surface area contributed by atoms with Crippen LogP contribution >= 0.6 is 0 Å². The average Bonchev–Trinajstić information content (AvgIpc) is 2.96. The first kappa shape index (κ1) is 29.7. The lowest BCUT2D eigenvalue weighted by Gasteiger charge is -2.46. The fourth-order valence-corrected chi connectivity index (χ4v) is 7.48. The Balaban J connectivity index is 1.41. The van der Waals surface area contributed by atoms with E-state index >= 15 is 0 Å². The molecule has 2 fully saturated rings. The summed E-state index contributed by atoms with van der Waals surface area (Å²) >= 11 is 0. The lowest BCUT2D eigenvalue weighted by molar-refractivity contribution is 0.0945. The van der Waals surface area contributed by atoms with E-state index in [4.69, 9.17) is 4.98 Å². The molecule has 41 heavy (non-hydrogen) atoms. The van der Waals surface area contributed by atoms with Crippen molar-refractivity contribution < 1.29 is 0 Å². The minimum atomic E-state index is 0.0766. The van der Waals surface area contributed by atoms with E-state index in [0.29, 0.717) is 30.1 Å². The second kappa shape index (κ2) is 12.6. The van der Waals surface area contributed by atoms with Crippen LogP contribution in [0.15, 0.2) is 53.3 Å². The molecule has 2 N–H and O–H groups in total. The van der Waals surface area contributed by atoms with Gasteiger partial charge in [0, 0.05) is 49.0 Å². The van der Waals surface area contributed by atoms with Gasteiger partial charge in [-0.05, 0) is 90.7 Å². The number of nitrogens with one attached hydrogen (secondary N) is 2. The molecule has 222 valence electrons. The third-order valence-electron chi connectivity index (χ3n) is 9.54. The van der Waals surface area contributed by atoms with E-state index < -0.39 is 0 Å². The molecule has 5 rings (SSSR count). The van der Waals surface area contributed by atoms with Gasteiger partial charge in [0.15, 0.2) is 0 Å². The zero-order chi connectivity index (χ0) is 29.1. The molecule has 0 bridgehead atoms. The minimum Gasteiger partial charge on any atom is -0.382 e. The molecule has 0 unspecified atom stereocenters. The Morgan fingerprint density at radius 3 is 2.34 bits per heavy atom. The van der Waals surface area contributed by atoms with Crippen molar-refractivity contribution in [3.8, 4) is 0 Å². The summed E-state index contributed by atoms with van der Waals surface area (Å²) in [5.41, 5.74) is 3.43. The van der Waals surface area contributed by atoms with Crippen LogP contribution in [0.4, 0.5) is 5.69 Å². The molecule has 1 saturated carbocycles. The fraction of sp³-hybridized carbons (Fsp3) is 0.588. The third-order valence-corrected chi connectivity index (χ3v) is 9.54. The lowest BCUT2D eigenvalue weighted by Crippen LogP contribution is -2.55. The highest BCUT2D eigenvalue weighted by atomic mass is 16.1. The highest BCUT2D eigenvalue weighted by Crippen LogP contribution is 2.41. The number of hydrogen-bond acceptors (Lipinski definition) is 6. The number of hydrogen-bond donors (Lipinski definition) is 2. The van der Waals surface area contributed by atoms with Crippen molar-refractivity contribution >= 4 is 16.6 Å². The molecule has 2 aliphatic rings. The number of piperazine rings is 1. The Labute approximate surface area is 246 Å². The molecule has 0 amide bonds. The molecule has 0 spiro atoms. The van der Waals surface area contributed by atoms with E-state index in [0.717, 1.165) is 68.6 Å². The van der Waals surface area contributed by atoms with Crippen molar-refractivity contribution in [2.24, 2.45) is 0 Å². The first-order chi connectivity index (χ1) is 19.8. The first-order valence-corrected chi connectivity index (χ1v) is 15.8. The van der Waals surface area contributed by atoms with Crippen LogP contribution in [-0.4, -0.2) is 64.7 Å². The molecule has 3 atom stereocenters. The number of benzene rings is 2. The molecular weight excluding hydrogens is 508 g/mol. The van der Waals surface area contributed by atoms with Crippen LogP contribution < -0.4 is 16.2 Å². The fourth-order valence-electron chi connectivity index (χ4n) is 7.48. The van der Waals surface area contributed by atoms with E-state index in [1.54, 1.807) is 0 Å². The van der Waals surface area contributed by atoms with E-state index in [9.17, 15) is 4.79 Å². The van der Waals surface area contributed by atoms with E-state index in [1.807, 2.05) is 10.6 Å². The van der Waals surface area contributed by atoms with Crippen molar-refractivity contribution in [3.63, 3.8) is 0 Å². The number of fused-ring (bicyclic) bond motifs is 1. The van der Waals surface area contributed by atoms with Gasteiger partial charge in [0.1, 0.15) is 5.82 Å². The van der Waals surface area contributed by atoms with Crippen LogP contribution in [0.1, 0.15) is 83.6 Å². The Bertz CT molecular complexity index is 1350. The second-order valence-corrected chi connectivity index (χ2v) is 12.7. The molecule has 1 aliphatic carbocycles. The topological polar surface area (TPSA) is 65.4 Å². The van der Waals surface area contributed by atoms with Crippen molar-refractivity contribution in [3.05, 3.63) is 70.3 Å². The van der Waals surface area contributed by atoms with Gasteiger partial charge in [0.05, 0.1) is 16.9 Å². The van der Waals surface area contributed by atoms with Crippen molar-refractivity contribution in [1.29, 1.82) is 0 Å². The Morgan fingerprint density at radius 1 is 1.05 bits per heavy atom. The summed E-state index contributed by atoms with van der Waals surface area (Å²) in [4.78, 5) is 23.9. The van der Waals surface area contributed by atoms with Crippen LogP contribution in [0.25, 0.3) is 10.9 Å². The van der Waals surface area contributed by atoms with Crippen LogP contribution in [0.3, 0.4) is 0 Å². The standard InChI is InChI=1S/C34H50N6O/c1-7-12-31(39-22-24(3)35-25(4)23-39)32-37-30-21-28(15-16-29(30)33(41)40(32)8-2)36-27-17-19-34(20-18-27,38(5)6)26-13-10-9-11-14-26/h9-11,13-16,21,24-25,27,31,35-36H,7-8,12,17-20,22-23H2,1-6H3/t24-,25+,27?,31-,34?/m1/s1. The Hall–Kier alpha value is -2.74. The lowest BCUT2D eigenvalue weighted by atomic mass is 9.74. The zero-order valence-corrected chi connectivity index (χ0v) is 26.0. The molecule has 1 saturated heterocycles. The SMILES string of the molecule is CCC[C@H](c1nc2cc(NC3CCC(c4ccccc4)(N(C)C)CC3)ccc2c(=O)n1CC)N1C[C@@H](C)N[C@@H](C)C1. The quantitative estimate of drug-likeness (QED) is 0.349. The molecule has 7 nitrogen and oxygen atoms in total. The highest BCUT2D eigenvalue weighted by molar-refractivity contribution is 5.81. The van der Waals surface area contributed by atoms with Crippen LogP contribution in [-0.2, 0) is 12.1 Å². The average molecular weight is 559 g/mol. The van der Waals surface area contributed by atoms with Crippen LogP contribution in [0.2, 0.25) is 0 Å². The summed E-state index contributed by atoms with van der Waals surface area (Å²) in [6.07, 6.45) is 6.46. The molecule has 1 aliphatic heterocycles. The summed E-state index contributed by atoms with van der Waals surface area (Å²) in [5, 5.41) is 8.17. The summed E-state index contributed by atoms with van der Waals surface area (Å²) < 4.78 is 1.92. The maximum absolute atomic E-state index is 13.7. The van der Waals surface area contributed by atoms with Gasteiger partial charge >= 0.3 is 0 Å². The summed E-state index contributed by atoms with van der Waals surface area (Å²) in [6.45, 7) is 11.3. The molecule has 3 aromatic rings. The Kier molecular flexibility index (Phi) is 9.17. The molecule has 2 heterocycles. The van der Waals surface area contributed by atoms with Crippen LogP contribution in [0, 0.1) is 0 Å². The maximum Gasteiger partial charge on any atom is 0.261 e. The first-order valence-electron chi connectivity index (χ1n) is 15.8. The maximum atomic E-state index is 13.7. The van der Waals surface area contributed by atoms with Crippen molar-refractivity contribution in [2.45, 2.75) is 102 Å². The summed E-state index contributed by atoms with van der Waals surface area (Å²) in [6, 6.07) is 18.5. The normalized spacial score (nSPS) is 26.4. The summed E-state index contributed by atoms with van der Waals surface area (Å²) in [7, 11) is 4.42. The van der Waals surface area contributed by atoms with Gasteiger partial charge in [0.2, 0.25) is 0 Å². The number of anilines is 1. The number of aromatic nitrogens is 2. The van der Waals surface area contributed by atoms with Gasteiger partial charge < -0.3 is 10.6 Å². The van der Waals surface area contributed by atoms with Gasteiger partial charge in [-0.25, -0.2) is 4.98 Å². The minimum absolute atomic E-state index is 0.0766. The van der Waals surface area contributed by atoms with Gasteiger partial charge in [-0.15, -0.1) is 0 Å². The number of nitrogens with zero attached hydrogens (tertiary/aromatic N) is 4. The summed E-state index contributed by atoms with van der Waals surface area (Å²) in [5.74, 6) is 0.918. The van der Waals surface area contributed by atoms with Gasteiger partial charge in [0.25, 0.3) is 5.56 Å². The molecule has 1 aromatic heterocycles. The van der Waals surface area contributed by atoms with Crippen molar-refractivity contribution in [2.75, 3.05) is 32.5 Å². The highest BCUT2D eigenvalue weighted by Gasteiger charge is 2.38. The van der Waals surface area contributed by atoms with Gasteiger partial charge in [-0.3, -0.25) is 19.2 Å². The monoisotopic (exact) mass is 558 g/mol. The molecule has 2 aromatic carbocycles. The third kappa shape index (κ3) is 6.08. The Morgan fingerprint density at radius 2 is 1.73 bits per heavy atom.